The summed E-state index contributed by atoms with van der Waals surface area (Å²) in [5, 5.41) is 14.1. The van der Waals surface area contributed by atoms with Crippen molar-refractivity contribution in [3.63, 3.8) is 0 Å². The second-order valence-electron chi connectivity index (χ2n) is 3.75. The van der Waals surface area contributed by atoms with Gasteiger partial charge in [-0.15, -0.1) is 0 Å². The highest BCUT2D eigenvalue weighted by atomic mass is 16.4. The Morgan fingerprint density at radius 1 is 1.53 bits per heavy atom. The molecule has 1 amide bonds. The van der Waals surface area contributed by atoms with Crippen LogP contribution in [0.25, 0.3) is 0 Å². The van der Waals surface area contributed by atoms with Gasteiger partial charge in [0.05, 0.1) is 5.92 Å². The predicted molar refractivity (Wildman–Crippen MR) is 67.0 cm³/mol. The molecule has 5 heteroatoms. The van der Waals surface area contributed by atoms with E-state index in [9.17, 15) is 4.79 Å². The minimum atomic E-state index is -0.662. The Morgan fingerprint density at radius 2 is 2.18 bits per heavy atom. The van der Waals surface area contributed by atoms with Crippen LogP contribution in [0, 0.1) is 5.92 Å². The maximum Gasteiger partial charge on any atom is 0.234 e. The third-order valence-electron chi connectivity index (χ3n) is 2.61. The molecule has 1 atom stereocenters. The fourth-order valence-electron chi connectivity index (χ4n) is 1.41. The number of oxime groups is 1. The maximum absolute atomic E-state index is 11.8. The van der Waals surface area contributed by atoms with E-state index < -0.39 is 5.92 Å². The quantitative estimate of drug-likeness (QED) is 0.320. The number of hydrogen-bond donors (Lipinski definition) is 3. The van der Waals surface area contributed by atoms with Crippen LogP contribution in [0.4, 0.5) is 5.69 Å². The molecule has 0 fully saturated rings. The van der Waals surface area contributed by atoms with Crippen molar-refractivity contribution in [2.75, 3.05) is 5.32 Å². The summed E-state index contributed by atoms with van der Waals surface area (Å²) in [6, 6.07) is 7.55. The first-order valence-electron chi connectivity index (χ1n) is 5.46. The summed E-state index contributed by atoms with van der Waals surface area (Å²) < 4.78 is 0. The number of nitrogens with two attached hydrogens (primary N) is 1. The van der Waals surface area contributed by atoms with Gasteiger partial charge in [0.25, 0.3) is 0 Å². The first-order valence-corrected chi connectivity index (χ1v) is 5.46. The predicted octanol–water partition coefficient (Wildman–Crippen LogP) is 1.57. The Bertz CT molecular complexity index is 430. The number of benzene rings is 1. The van der Waals surface area contributed by atoms with Crippen molar-refractivity contribution in [2.24, 2.45) is 16.8 Å². The lowest BCUT2D eigenvalue weighted by Crippen LogP contribution is -2.32. The molecule has 0 aliphatic rings. The number of amides is 1. The second-order valence-corrected chi connectivity index (χ2v) is 3.75. The van der Waals surface area contributed by atoms with E-state index in [-0.39, 0.29) is 11.7 Å². The smallest absolute Gasteiger partial charge is 0.234 e. The lowest BCUT2D eigenvalue weighted by atomic mass is 10.1. The van der Waals surface area contributed by atoms with Crippen LogP contribution in [0.1, 0.15) is 19.4 Å². The Labute approximate surface area is 100 Å². The van der Waals surface area contributed by atoms with E-state index in [0.717, 1.165) is 17.7 Å². The summed E-state index contributed by atoms with van der Waals surface area (Å²) in [6.07, 6.45) is 0.828. The summed E-state index contributed by atoms with van der Waals surface area (Å²) in [5.41, 5.74) is 7.19. The molecule has 17 heavy (non-hydrogen) atoms. The normalized spacial score (nSPS) is 13.2. The number of para-hydroxylation sites is 1. The van der Waals surface area contributed by atoms with Crippen LogP contribution in [0.15, 0.2) is 29.4 Å². The monoisotopic (exact) mass is 235 g/mol. The Balaban J connectivity index is 2.81. The molecule has 0 saturated carbocycles. The summed E-state index contributed by atoms with van der Waals surface area (Å²) in [7, 11) is 0. The molecule has 0 aromatic heterocycles. The zero-order valence-electron chi connectivity index (χ0n) is 9.97. The molecular formula is C12H17N3O2. The highest BCUT2D eigenvalue weighted by molar-refractivity contribution is 6.07. The average Bonchev–Trinajstić information content (AvgIpc) is 2.37. The molecule has 0 bridgehead atoms. The van der Waals surface area contributed by atoms with Gasteiger partial charge >= 0.3 is 0 Å². The minimum Gasteiger partial charge on any atom is -0.409 e. The van der Waals surface area contributed by atoms with E-state index in [0.29, 0.717) is 0 Å². The zero-order valence-corrected chi connectivity index (χ0v) is 9.97. The van der Waals surface area contributed by atoms with Crippen LogP contribution in [0.5, 0.6) is 0 Å². The molecule has 1 unspecified atom stereocenters. The largest absolute Gasteiger partial charge is 0.409 e. The van der Waals surface area contributed by atoms with E-state index in [4.69, 9.17) is 10.9 Å². The fraction of sp³-hybridized carbons (Fsp3) is 0.333. The lowest BCUT2D eigenvalue weighted by Gasteiger charge is -2.13. The number of rotatable bonds is 4. The molecule has 1 aromatic carbocycles. The summed E-state index contributed by atoms with van der Waals surface area (Å²) in [6.45, 7) is 3.59. The van der Waals surface area contributed by atoms with Gasteiger partial charge in [-0.2, -0.15) is 0 Å². The Hall–Kier alpha value is -2.04. The van der Waals surface area contributed by atoms with Crippen molar-refractivity contribution in [3.05, 3.63) is 29.8 Å². The molecule has 4 N–H and O–H groups in total. The van der Waals surface area contributed by atoms with E-state index in [1.807, 2.05) is 31.2 Å². The van der Waals surface area contributed by atoms with Gasteiger partial charge in [0.2, 0.25) is 5.91 Å². The van der Waals surface area contributed by atoms with Gasteiger partial charge in [-0.25, -0.2) is 0 Å². The molecular weight excluding hydrogens is 218 g/mol. The molecule has 1 aromatic rings. The molecule has 0 heterocycles. The van der Waals surface area contributed by atoms with Gasteiger partial charge in [0.1, 0.15) is 0 Å². The molecule has 92 valence electrons. The molecule has 0 spiro atoms. The van der Waals surface area contributed by atoms with Crippen molar-refractivity contribution < 1.29 is 10.0 Å². The number of anilines is 1. The highest BCUT2D eigenvalue weighted by Gasteiger charge is 2.18. The van der Waals surface area contributed by atoms with Gasteiger partial charge in [0, 0.05) is 5.69 Å². The number of aryl methyl sites for hydroxylation is 1. The third kappa shape index (κ3) is 3.21. The topological polar surface area (TPSA) is 87.7 Å². The fourth-order valence-corrected chi connectivity index (χ4v) is 1.41. The Kier molecular flexibility index (Phi) is 4.51. The summed E-state index contributed by atoms with van der Waals surface area (Å²) in [5.74, 6) is -1.05. The van der Waals surface area contributed by atoms with Crippen LogP contribution < -0.4 is 11.1 Å². The van der Waals surface area contributed by atoms with E-state index in [1.165, 1.54) is 0 Å². The molecule has 0 aliphatic heterocycles. The van der Waals surface area contributed by atoms with Crippen molar-refractivity contribution >= 4 is 17.4 Å². The van der Waals surface area contributed by atoms with Crippen LogP contribution in [0.2, 0.25) is 0 Å². The van der Waals surface area contributed by atoms with Crippen LogP contribution in [0.3, 0.4) is 0 Å². The van der Waals surface area contributed by atoms with Crippen molar-refractivity contribution in [1.29, 1.82) is 0 Å². The standard InChI is InChI=1S/C12H17N3O2/c1-3-9-6-4-5-7-10(9)14-12(16)8(2)11(13)15-17/h4-8,17H,3H2,1-2H3,(H2,13,15)(H,14,16). The first kappa shape index (κ1) is 13.0. The number of carbonyl (C=O) groups is 1. The SMILES string of the molecule is CCc1ccccc1NC(=O)C(C)C(N)=NO. The molecule has 1 rings (SSSR count). The van der Waals surface area contributed by atoms with Gasteiger partial charge in [0.15, 0.2) is 5.84 Å². The van der Waals surface area contributed by atoms with Crippen LogP contribution >= 0.6 is 0 Å². The molecule has 0 radical (unpaired) electrons. The summed E-state index contributed by atoms with van der Waals surface area (Å²) >= 11 is 0. The lowest BCUT2D eigenvalue weighted by molar-refractivity contribution is -0.117. The van der Waals surface area contributed by atoms with Crippen molar-refractivity contribution in [1.82, 2.24) is 0 Å². The number of amidine groups is 1. The number of carbonyl (C=O) groups excluding carboxylic acids is 1. The van der Waals surface area contributed by atoms with Crippen molar-refractivity contribution in [3.8, 4) is 0 Å². The summed E-state index contributed by atoms with van der Waals surface area (Å²) in [4.78, 5) is 11.8. The Morgan fingerprint density at radius 3 is 2.76 bits per heavy atom. The average molecular weight is 235 g/mol. The number of hydrogen-bond acceptors (Lipinski definition) is 3. The van der Waals surface area contributed by atoms with E-state index in [1.54, 1.807) is 6.92 Å². The van der Waals surface area contributed by atoms with Crippen LogP contribution in [-0.4, -0.2) is 17.0 Å². The zero-order chi connectivity index (χ0) is 12.8. The number of nitrogens with one attached hydrogen (secondary N) is 1. The van der Waals surface area contributed by atoms with E-state index in [2.05, 4.69) is 10.5 Å². The first-order chi connectivity index (χ1) is 8.10. The number of nitrogens with zero attached hydrogens (tertiary/aromatic N) is 1. The van der Waals surface area contributed by atoms with Crippen molar-refractivity contribution in [2.45, 2.75) is 20.3 Å². The molecule has 0 aliphatic carbocycles. The minimum absolute atomic E-state index is 0.100. The van der Waals surface area contributed by atoms with Gasteiger partial charge < -0.3 is 16.3 Å². The second kappa shape index (κ2) is 5.89. The van der Waals surface area contributed by atoms with Gasteiger partial charge in [-0.05, 0) is 25.0 Å². The third-order valence-corrected chi connectivity index (χ3v) is 2.61. The van der Waals surface area contributed by atoms with Gasteiger partial charge in [-0.1, -0.05) is 30.3 Å². The van der Waals surface area contributed by atoms with E-state index >= 15 is 0 Å². The molecule has 5 nitrogen and oxygen atoms in total. The highest BCUT2D eigenvalue weighted by Crippen LogP contribution is 2.16. The van der Waals surface area contributed by atoms with Crippen LogP contribution in [-0.2, 0) is 11.2 Å². The molecule has 0 saturated heterocycles. The van der Waals surface area contributed by atoms with Gasteiger partial charge in [-0.3, -0.25) is 4.79 Å². The maximum atomic E-state index is 11.8.